The van der Waals surface area contributed by atoms with Crippen molar-refractivity contribution in [2.45, 2.75) is 25.3 Å². The molecule has 1 fully saturated rings. The highest BCUT2D eigenvalue weighted by atomic mass is 32.2. The van der Waals surface area contributed by atoms with Crippen LogP contribution >= 0.6 is 0 Å². The topological polar surface area (TPSA) is 112 Å². The third-order valence-corrected chi connectivity index (χ3v) is 4.69. The van der Waals surface area contributed by atoms with Gasteiger partial charge in [-0.05, 0) is 18.9 Å². The molecule has 0 aromatic carbocycles. The van der Waals surface area contributed by atoms with Crippen molar-refractivity contribution < 1.29 is 18.3 Å². The second-order valence-corrected chi connectivity index (χ2v) is 6.76. The molecule has 0 spiro atoms. The van der Waals surface area contributed by atoms with Gasteiger partial charge < -0.3 is 10.0 Å². The largest absolute Gasteiger partial charge is 0.481 e. The number of piperidine rings is 1. The monoisotopic (exact) mass is 314 g/mol. The Labute approximate surface area is 123 Å². The fourth-order valence-corrected chi connectivity index (χ4v) is 3.49. The maximum absolute atomic E-state index is 11.7. The first-order chi connectivity index (χ1) is 9.96. The van der Waals surface area contributed by atoms with Crippen LogP contribution in [0.3, 0.4) is 0 Å². The first-order valence-electron chi connectivity index (χ1n) is 6.70. The van der Waals surface area contributed by atoms with Crippen LogP contribution in [0.2, 0.25) is 0 Å². The average Bonchev–Trinajstić information content (AvgIpc) is 2.47. The lowest BCUT2D eigenvalue weighted by molar-refractivity contribution is -0.136. The zero-order valence-corrected chi connectivity index (χ0v) is 12.3. The van der Waals surface area contributed by atoms with Gasteiger partial charge in [-0.25, -0.2) is 23.1 Å². The Balaban J connectivity index is 1.83. The smallest absolute Gasteiger partial charge is 0.304 e. The molecular formula is C12H18N4O4S. The first kappa shape index (κ1) is 15.6. The van der Waals surface area contributed by atoms with E-state index in [1.165, 1.54) is 0 Å². The third kappa shape index (κ3) is 4.94. The lowest BCUT2D eigenvalue weighted by Crippen LogP contribution is -2.45. The highest BCUT2D eigenvalue weighted by Gasteiger charge is 2.24. The van der Waals surface area contributed by atoms with Crippen molar-refractivity contribution in [2.24, 2.45) is 0 Å². The summed E-state index contributed by atoms with van der Waals surface area (Å²) in [5.74, 6) is -0.856. The van der Waals surface area contributed by atoms with E-state index in [-0.39, 0.29) is 18.2 Å². The molecular weight excluding hydrogens is 296 g/mol. The molecule has 2 rings (SSSR count). The Morgan fingerprint density at radius 3 is 2.52 bits per heavy atom. The fraction of sp³-hybridized carbons (Fsp3) is 0.583. The highest BCUT2D eigenvalue weighted by molar-refractivity contribution is 7.89. The van der Waals surface area contributed by atoms with Gasteiger partial charge in [-0.2, -0.15) is 0 Å². The van der Waals surface area contributed by atoms with Gasteiger partial charge >= 0.3 is 5.97 Å². The molecule has 0 unspecified atom stereocenters. The van der Waals surface area contributed by atoms with E-state index in [9.17, 15) is 13.2 Å². The van der Waals surface area contributed by atoms with E-state index < -0.39 is 16.0 Å². The Hall–Kier alpha value is -1.74. The van der Waals surface area contributed by atoms with Crippen LogP contribution in [0.1, 0.15) is 19.3 Å². The quantitative estimate of drug-likeness (QED) is 0.750. The van der Waals surface area contributed by atoms with E-state index in [0.29, 0.717) is 31.9 Å². The SMILES string of the molecule is O=C(O)CCS(=O)(=O)NC1CCN(c2ncccn2)CC1. The van der Waals surface area contributed by atoms with E-state index in [1.54, 1.807) is 18.5 Å². The van der Waals surface area contributed by atoms with Crippen molar-refractivity contribution in [3.05, 3.63) is 18.5 Å². The molecule has 0 bridgehead atoms. The lowest BCUT2D eigenvalue weighted by Gasteiger charge is -2.32. The predicted molar refractivity (Wildman–Crippen MR) is 76.4 cm³/mol. The van der Waals surface area contributed by atoms with Crippen molar-refractivity contribution in [3.8, 4) is 0 Å². The summed E-state index contributed by atoms with van der Waals surface area (Å²) >= 11 is 0. The summed E-state index contributed by atoms with van der Waals surface area (Å²) in [5, 5.41) is 8.53. The molecule has 0 aliphatic carbocycles. The summed E-state index contributed by atoms with van der Waals surface area (Å²) in [4.78, 5) is 20.8. The number of aliphatic carboxylic acids is 1. The van der Waals surface area contributed by atoms with Crippen LogP contribution in [-0.2, 0) is 14.8 Å². The maximum atomic E-state index is 11.7. The zero-order valence-electron chi connectivity index (χ0n) is 11.5. The summed E-state index contributed by atoms with van der Waals surface area (Å²) in [6, 6.07) is 1.58. The van der Waals surface area contributed by atoms with Crippen LogP contribution in [-0.4, -0.2) is 54.3 Å². The number of anilines is 1. The Kier molecular flexibility index (Phi) is 5.07. The zero-order chi connectivity index (χ0) is 15.3. The van der Waals surface area contributed by atoms with Gasteiger partial charge in [0.25, 0.3) is 0 Å². The van der Waals surface area contributed by atoms with E-state index >= 15 is 0 Å². The molecule has 8 nitrogen and oxygen atoms in total. The molecule has 2 heterocycles. The van der Waals surface area contributed by atoms with Crippen LogP contribution in [0.5, 0.6) is 0 Å². The van der Waals surface area contributed by atoms with Crippen LogP contribution in [0.15, 0.2) is 18.5 Å². The van der Waals surface area contributed by atoms with Crippen molar-refractivity contribution in [1.82, 2.24) is 14.7 Å². The standard InChI is InChI=1S/C12H18N4O4S/c17-11(18)4-9-21(19,20)15-10-2-7-16(8-3-10)12-13-5-1-6-14-12/h1,5-6,10,15H,2-4,7-9H2,(H,17,18). The summed E-state index contributed by atoms with van der Waals surface area (Å²) in [6.45, 7) is 1.33. The normalized spacial score (nSPS) is 16.9. The van der Waals surface area contributed by atoms with Gasteiger partial charge in [0.15, 0.2) is 0 Å². The molecule has 1 aliphatic rings. The molecule has 0 radical (unpaired) electrons. The van der Waals surface area contributed by atoms with E-state index in [1.807, 2.05) is 4.90 Å². The van der Waals surface area contributed by atoms with Crippen molar-refractivity contribution in [3.63, 3.8) is 0 Å². The molecule has 0 atom stereocenters. The van der Waals surface area contributed by atoms with Gasteiger partial charge in [0.2, 0.25) is 16.0 Å². The second kappa shape index (κ2) is 6.81. The van der Waals surface area contributed by atoms with Gasteiger partial charge in [0.1, 0.15) is 0 Å². The molecule has 0 saturated carbocycles. The summed E-state index contributed by atoms with van der Waals surface area (Å²) in [6.07, 6.45) is 4.24. The molecule has 0 amide bonds. The lowest BCUT2D eigenvalue weighted by atomic mass is 10.1. The molecule has 9 heteroatoms. The number of carbonyl (C=O) groups is 1. The number of carboxylic acid groups (broad SMARTS) is 1. The summed E-state index contributed by atoms with van der Waals surface area (Å²) < 4.78 is 26.0. The molecule has 1 aromatic rings. The predicted octanol–water partition coefficient (Wildman–Crippen LogP) is -0.160. The number of sulfonamides is 1. The van der Waals surface area contributed by atoms with Crippen LogP contribution < -0.4 is 9.62 Å². The summed E-state index contributed by atoms with van der Waals surface area (Å²) in [7, 11) is -3.54. The third-order valence-electron chi connectivity index (χ3n) is 3.26. The number of nitrogens with one attached hydrogen (secondary N) is 1. The minimum Gasteiger partial charge on any atom is -0.481 e. The molecule has 1 aromatic heterocycles. The first-order valence-corrected chi connectivity index (χ1v) is 8.35. The van der Waals surface area contributed by atoms with Gasteiger partial charge in [0.05, 0.1) is 12.2 Å². The average molecular weight is 314 g/mol. The molecule has 2 N–H and O–H groups in total. The van der Waals surface area contributed by atoms with Crippen LogP contribution in [0, 0.1) is 0 Å². The van der Waals surface area contributed by atoms with Gasteiger partial charge in [0, 0.05) is 31.5 Å². The maximum Gasteiger partial charge on any atom is 0.304 e. The van der Waals surface area contributed by atoms with Gasteiger partial charge in [-0.3, -0.25) is 4.79 Å². The molecule has 116 valence electrons. The Morgan fingerprint density at radius 2 is 1.95 bits per heavy atom. The van der Waals surface area contributed by atoms with Crippen LogP contribution in [0.25, 0.3) is 0 Å². The summed E-state index contributed by atoms with van der Waals surface area (Å²) in [5.41, 5.74) is 0. The molecule has 21 heavy (non-hydrogen) atoms. The minimum absolute atomic E-state index is 0.163. The second-order valence-electron chi connectivity index (χ2n) is 4.89. The fourth-order valence-electron chi connectivity index (χ4n) is 2.19. The number of rotatable bonds is 6. The highest BCUT2D eigenvalue weighted by Crippen LogP contribution is 2.15. The number of hydrogen-bond acceptors (Lipinski definition) is 6. The molecule has 1 aliphatic heterocycles. The van der Waals surface area contributed by atoms with Crippen molar-refractivity contribution >= 4 is 21.9 Å². The number of nitrogens with zero attached hydrogens (tertiary/aromatic N) is 3. The molecule has 1 saturated heterocycles. The van der Waals surface area contributed by atoms with Gasteiger partial charge in [-0.1, -0.05) is 0 Å². The number of hydrogen-bond donors (Lipinski definition) is 2. The van der Waals surface area contributed by atoms with E-state index in [0.717, 1.165) is 0 Å². The Morgan fingerprint density at radius 1 is 1.33 bits per heavy atom. The minimum atomic E-state index is -3.54. The Bertz CT molecular complexity index is 570. The van der Waals surface area contributed by atoms with E-state index in [4.69, 9.17) is 5.11 Å². The number of carboxylic acids is 1. The van der Waals surface area contributed by atoms with E-state index in [2.05, 4.69) is 14.7 Å². The van der Waals surface area contributed by atoms with Gasteiger partial charge in [-0.15, -0.1) is 0 Å². The number of aromatic nitrogens is 2. The van der Waals surface area contributed by atoms with Crippen LogP contribution in [0.4, 0.5) is 5.95 Å². The van der Waals surface area contributed by atoms with Crippen molar-refractivity contribution in [2.75, 3.05) is 23.7 Å². The van der Waals surface area contributed by atoms with Crippen molar-refractivity contribution in [1.29, 1.82) is 0 Å².